The summed E-state index contributed by atoms with van der Waals surface area (Å²) in [5, 5.41) is 28.9. The normalized spacial score (nSPS) is 43.0. The number of ether oxygens (including phenoxy) is 1. The Morgan fingerprint density at radius 2 is 1.67 bits per heavy atom. The Morgan fingerprint density at radius 3 is 2.07 bits per heavy atom. The third-order valence-corrected chi connectivity index (χ3v) is 3.14. The molecule has 0 unspecified atom stereocenters. The van der Waals surface area contributed by atoms with E-state index in [9.17, 15) is 10.2 Å². The Labute approximate surface area is 90.9 Å². The summed E-state index contributed by atoms with van der Waals surface area (Å²) < 4.78 is 5.63. The van der Waals surface area contributed by atoms with Crippen molar-refractivity contribution in [2.75, 3.05) is 6.61 Å². The minimum absolute atomic E-state index is 0.127. The maximum Gasteiger partial charge on any atom is 0.107 e. The fourth-order valence-corrected chi connectivity index (χ4v) is 2.03. The van der Waals surface area contributed by atoms with Gasteiger partial charge in [0.2, 0.25) is 0 Å². The highest BCUT2D eigenvalue weighted by atomic mass is 16.5. The molecule has 0 amide bonds. The van der Waals surface area contributed by atoms with E-state index in [1.165, 1.54) is 0 Å². The van der Waals surface area contributed by atoms with Gasteiger partial charge in [0.05, 0.1) is 24.9 Å². The molecule has 0 bridgehead atoms. The van der Waals surface area contributed by atoms with Crippen molar-refractivity contribution in [3.8, 4) is 0 Å². The molecule has 0 aromatic rings. The van der Waals surface area contributed by atoms with Crippen LogP contribution in [-0.4, -0.2) is 46.3 Å². The van der Waals surface area contributed by atoms with Crippen LogP contribution in [0.15, 0.2) is 0 Å². The van der Waals surface area contributed by atoms with E-state index >= 15 is 0 Å². The standard InChI is InChI=1S/C11H22O4/c1-6-7(5-12)15-10(11(2,3)4)9(14)8(6)13/h6-10,12-14H,5H2,1-4H3/t6-,7+,8-,9+,10+/m0/s1. The SMILES string of the molecule is C[C@@H]1[C@H](O)[C@@H](O)[C@H](C(C)(C)C)O[C@@H]1CO. The maximum atomic E-state index is 9.90. The summed E-state index contributed by atoms with van der Waals surface area (Å²) in [5.41, 5.74) is -0.256. The van der Waals surface area contributed by atoms with Gasteiger partial charge in [-0.15, -0.1) is 0 Å². The molecule has 0 aromatic heterocycles. The Morgan fingerprint density at radius 1 is 1.13 bits per heavy atom. The fourth-order valence-electron chi connectivity index (χ4n) is 2.03. The van der Waals surface area contributed by atoms with Crippen LogP contribution in [0.1, 0.15) is 27.7 Å². The first-order valence-corrected chi connectivity index (χ1v) is 5.41. The van der Waals surface area contributed by atoms with Gasteiger partial charge in [0.15, 0.2) is 0 Å². The molecule has 0 spiro atoms. The topological polar surface area (TPSA) is 69.9 Å². The van der Waals surface area contributed by atoms with Crippen LogP contribution >= 0.6 is 0 Å². The van der Waals surface area contributed by atoms with Crippen molar-refractivity contribution in [2.24, 2.45) is 11.3 Å². The zero-order valence-electron chi connectivity index (χ0n) is 9.84. The van der Waals surface area contributed by atoms with Gasteiger partial charge in [0.25, 0.3) is 0 Å². The Kier molecular flexibility index (Phi) is 3.76. The van der Waals surface area contributed by atoms with E-state index in [-0.39, 0.29) is 17.9 Å². The Bertz CT molecular complexity index is 209. The average Bonchev–Trinajstić information content (AvgIpc) is 2.13. The first-order chi connectivity index (χ1) is 6.79. The molecule has 5 atom stereocenters. The highest BCUT2D eigenvalue weighted by Gasteiger charge is 2.46. The predicted molar refractivity (Wildman–Crippen MR) is 56.4 cm³/mol. The molecule has 15 heavy (non-hydrogen) atoms. The van der Waals surface area contributed by atoms with Crippen molar-refractivity contribution < 1.29 is 20.1 Å². The van der Waals surface area contributed by atoms with Crippen LogP contribution in [0.2, 0.25) is 0 Å². The maximum absolute atomic E-state index is 9.90. The largest absolute Gasteiger partial charge is 0.394 e. The summed E-state index contributed by atoms with van der Waals surface area (Å²) in [6, 6.07) is 0. The second kappa shape index (κ2) is 4.37. The minimum atomic E-state index is -0.886. The van der Waals surface area contributed by atoms with Crippen molar-refractivity contribution in [1.29, 1.82) is 0 Å². The van der Waals surface area contributed by atoms with Crippen molar-refractivity contribution in [1.82, 2.24) is 0 Å². The van der Waals surface area contributed by atoms with E-state index in [2.05, 4.69) is 0 Å². The number of aliphatic hydroxyl groups is 3. The average molecular weight is 218 g/mol. The molecule has 1 fully saturated rings. The van der Waals surface area contributed by atoms with Crippen molar-refractivity contribution in [3.05, 3.63) is 0 Å². The van der Waals surface area contributed by atoms with Crippen LogP contribution in [0.5, 0.6) is 0 Å². The van der Waals surface area contributed by atoms with Crippen molar-refractivity contribution >= 4 is 0 Å². The van der Waals surface area contributed by atoms with Gasteiger partial charge < -0.3 is 20.1 Å². The van der Waals surface area contributed by atoms with Gasteiger partial charge in [-0.3, -0.25) is 0 Å². The minimum Gasteiger partial charge on any atom is -0.394 e. The number of aliphatic hydroxyl groups excluding tert-OH is 3. The number of hydrogen-bond acceptors (Lipinski definition) is 4. The summed E-state index contributed by atoms with van der Waals surface area (Å²) in [7, 11) is 0. The molecule has 4 heteroatoms. The van der Waals surface area contributed by atoms with Crippen LogP contribution in [0.25, 0.3) is 0 Å². The van der Waals surface area contributed by atoms with Crippen LogP contribution in [0.3, 0.4) is 0 Å². The van der Waals surface area contributed by atoms with Gasteiger partial charge in [0, 0.05) is 5.92 Å². The molecule has 4 nitrogen and oxygen atoms in total. The second-order valence-electron chi connectivity index (χ2n) is 5.48. The van der Waals surface area contributed by atoms with Gasteiger partial charge in [-0.1, -0.05) is 27.7 Å². The lowest BCUT2D eigenvalue weighted by molar-refractivity contribution is -0.229. The van der Waals surface area contributed by atoms with E-state index in [0.717, 1.165) is 0 Å². The van der Waals surface area contributed by atoms with Gasteiger partial charge in [-0.2, -0.15) is 0 Å². The second-order valence-corrected chi connectivity index (χ2v) is 5.48. The molecule has 0 aliphatic carbocycles. The molecular formula is C11H22O4. The molecule has 1 heterocycles. The monoisotopic (exact) mass is 218 g/mol. The molecule has 90 valence electrons. The van der Waals surface area contributed by atoms with Gasteiger partial charge in [0.1, 0.15) is 6.10 Å². The van der Waals surface area contributed by atoms with Gasteiger partial charge in [-0.25, -0.2) is 0 Å². The lowest BCUT2D eigenvalue weighted by atomic mass is 9.78. The first-order valence-electron chi connectivity index (χ1n) is 5.41. The van der Waals surface area contributed by atoms with Gasteiger partial charge >= 0.3 is 0 Å². The zero-order chi connectivity index (χ0) is 11.8. The summed E-state index contributed by atoms with van der Waals surface area (Å²) in [6.07, 6.45) is -2.56. The van der Waals surface area contributed by atoms with Crippen molar-refractivity contribution in [2.45, 2.75) is 52.1 Å². The van der Waals surface area contributed by atoms with E-state index in [1.54, 1.807) is 6.92 Å². The van der Waals surface area contributed by atoms with Crippen LogP contribution in [0, 0.1) is 11.3 Å². The van der Waals surface area contributed by atoms with Crippen LogP contribution in [-0.2, 0) is 4.74 Å². The third kappa shape index (κ3) is 2.50. The zero-order valence-corrected chi connectivity index (χ0v) is 9.84. The summed E-state index contributed by atoms with van der Waals surface area (Å²) in [6.45, 7) is 7.47. The van der Waals surface area contributed by atoms with Crippen LogP contribution < -0.4 is 0 Å². The smallest absolute Gasteiger partial charge is 0.107 e. The quantitative estimate of drug-likeness (QED) is 0.586. The molecule has 1 aliphatic heterocycles. The molecular weight excluding hydrogens is 196 g/mol. The fraction of sp³-hybridized carbons (Fsp3) is 1.00. The van der Waals surface area contributed by atoms with Gasteiger partial charge in [-0.05, 0) is 5.41 Å². The molecule has 0 radical (unpaired) electrons. The van der Waals surface area contributed by atoms with Crippen molar-refractivity contribution in [3.63, 3.8) is 0 Å². The van der Waals surface area contributed by atoms with Crippen LogP contribution in [0.4, 0.5) is 0 Å². The predicted octanol–water partition coefficient (Wildman–Crippen LogP) is 0.150. The van der Waals surface area contributed by atoms with E-state index in [1.807, 2.05) is 20.8 Å². The molecule has 1 saturated heterocycles. The lowest BCUT2D eigenvalue weighted by Gasteiger charge is -2.46. The Hall–Kier alpha value is -0.160. The highest BCUT2D eigenvalue weighted by Crippen LogP contribution is 2.34. The molecule has 3 N–H and O–H groups in total. The first kappa shape index (κ1) is 12.9. The summed E-state index contributed by atoms with van der Waals surface area (Å²) >= 11 is 0. The summed E-state index contributed by atoms with van der Waals surface area (Å²) in [4.78, 5) is 0. The lowest BCUT2D eigenvalue weighted by Crippen LogP contribution is -2.58. The Balaban J connectivity index is 2.83. The molecule has 0 aromatic carbocycles. The molecule has 1 rings (SSSR count). The van der Waals surface area contributed by atoms with E-state index in [0.29, 0.717) is 0 Å². The summed E-state index contributed by atoms with van der Waals surface area (Å²) in [5.74, 6) is -0.247. The van der Waals surface area contributed by atoms with E-state index < -0.39 is 24.4 Å². The number of rotatable bonds is 1. The molecule has 0 saturated carbocycles. The number of hydrogen-bond donors (Lipinski definition) is 3. The highest BCUT2D eigenvalue weighted by molar-refractivity contribution is 4.94. The molecule has 1 aliphatic rings. The van der Waals surface area contributed by atoms with E-state index in [4.69, 9.17) is 9.84 Å². The third-order valence-electron chi connectivity index (χ3n) is 3.14.